The summed E-state index contributed by atoms with van der Waals surface area (Å²) in [4.78, 5) is 1.58. The van der Waals surface area contributed by atoms with Crippen LogP contribution in [0.4, 0.5) is 0 Å². The van der Waals surface area contributed by atoms with Gasteiger partial charge in [0.25, 0.3) is 0 Å². The van der Waals surface area contributed by atoms with Crippen molar-refractivity contribution in [2.45, 2.75) is 32.9 Å². The number of nitrogens with one attached hydrogen (secondary N) is 1. The van der Waals surface area contributed by atoms with Gasteiger partial charge >= 0.3 is 0 Å². The lowest BCUT2D eigenvalue weighted by Crippen LogP contribution is -2.26. The van der Waals surface area contributed by atoms with Gasteiger partial charge in [0.1, 0.15) is 5.69 Å². The fourth-order valence-electron chi connectivity index (χ4n) is 2.04. The van der Waals surface area contributed by atoms with Gasteiger partial charge in [0.15, 0.2) is 0 Å². The van der Waals surface area contributed by atoms with E-state index >= 15 is 0 Å². The normalized spacial score (nSPS) is 13.2. The van der Waals surface area contributed by atoms with E-state index in [2.05, 4.69) is 41.4 Å². The van der Waals surface area contributed by atoms with E-state index < -0.39 is 0 Å². The summed E-state index contributed by atoms with van der Waals surface area (Å²) < 4.78 is 2.02. The first-order valence-electron chi connectivity index (χ1n) is 6.26. The third-order valence-corrected chi connectivity index (χ3v) is 2.81. The first-order valence-corrected chi connectivity index (χ1v) is 6.26. The van der Waals surface area contributed by atoms with E-state index in [0.29, 0.717) is 6.04 Å². The van der Waals surface area contributed by atoms with Gasteiger partial charge in [0.2, 0.25) is 0 Å². The van der Waals surface area contributed by atoms with Crippen LogP contribution in [-0.4, -0.2) is 31.3 Å². The standard InChI is InChI=1S/C12H20N6/c1-5-13-12(10-8-15-17(4)16-10)11-6-7-14-18(11)9(2)3/h6-9,12-13H,5H2,1-4H3. The number of aromatic nitrogens is 5. The molecule has 6 heteroatoms. The molecule has 0 spiro atoms. The molecule has 0 aromatic carbocycles. The van der Waals surface area contributed by atoms with Crippen molar-refractivity contribution in [3.05, 3.63) is 29.8 Å². The highest BCUT2D eigenvalue weighted by atomic mass is 15.5. The van der Waals surface area contributed by atoms with Crippen LogP contribution >= 0.6 is 0 Å². The van der Waals surface area contributed by atoms with Crippen molar-refractivity contribution < 1.29 is 0 Å². The van der Waals surface area contributed by atoms with Crippen LogP contribution in [-0.2, 0) is 7.05 Å². The predicted octanol–water partition coefficient (Wildman–Crippen LogP) is 1.29. The van der Waals surface area contributed by atoms with Crippen LogP contribution in [0.25, 0.3) is 0 Å². The number of hydrogen-bond donors (Lipinski definition) is 1. The third kappa shape index (κ3) is 2.43. The molecule has 2 aromatic rings. The molecule has 98 valence electrons. The molecule has 0 aliphatic heterocycles. The minimum atomic E-state index is 0.0357. The zero-order valence-electron chi connectivity index (χ0n) is 11.3. The van der Waals surface area contributed by atoms with Gasteiger partial charge in [-0.05, 0) is 26.5 Å². The zero-order valence-corrected chi connectivity index (χ0v) is 11.3. The molecule has 0 bridgehead atoms. The van der Waals surface area contributed by atoms with Crippen LogP contribution in [0.1, 0.15) is 44.2 Å². The van der Waals surface area contributed by atoms with Crippen molar-refractivity contribution in [3.63, 3.8) is 0 Å². The SMILES string of the molecule is CCNC(c1cnn(C)n1)c1ccnn1C(C)C. The molecule has 18 heavy (non-hydrogen) atoms. The molecule has 0 saturated carbocycles. The monoisotopic (exact) mass is 248 g/mol. The maximum atomic E-state index is 4.39. The second kappa shape index (κ2) is 5.30. The van der Waals surface area contributed by atoms with Crippen molar-refractivity contribution in [1.29, 1.82) is 0 Å². The van der Waals surface area contributed by atoms with E-state index in [4.69, 9.17) is 0 Å². The molecule has 1 unspecified atom stereocenters. The smallest absolute Gasteiger partial charge is 0.106 e. The lowest BCUT2D eigenvalue weighted by Gasteiger charge is -2.19. The van der Waals surface area contributed by atoms with Crippen LogP contribution in [0.2, 0.25) is 0 Å². The molecule has 0 aliphatic carbocycles. The fourth-order valence-corrected chi connectivity index (χ4v) is 2.04. The van der Waals surface area contributed by atoms with Crippen molar-refractivity contribution in [2.24, 2.45) is 7.05 Å². The molecule has 1 atom stereocenters. The summed E-state index contributed by atoms with van der Waals surface area (Å²) in [5.41, 5.74) is 2.04. The van der Waals surface area contributed by atoms with E-state index in [9.17, 15) is 0 Å². The van der Waals surface area contributed by atoms with Crippen molar-refractivity contribution >= 4 is 0 Å². The maximum Gasteiger partial charge on any atom is 0.106 e. The Morgan fingerprint density at radius 3 is 2.67 bits per heavy atom. The molecule has 6 nitrogen and oxygen atoms in total. The number of rotatable bonds is 5. The second-order valence-corrected chi connectivity index (χ2v) is 4.54. The summed E-state index contributed by atoms with van der Waals surface area (Å²) in [7, 11) is 1.83. The lowest BCUT2D eigenvalue weighted by atomic mass is 10.1. The van der Waals surface area contributed by atoms with Gasteiger partial charge in [-0.1, -0.05) is 6.92 Å². The Hall–Kier alpha value is -1.69. The predicted molar refractivity (Wildman–Crippen MR) is 69.1 cm³/mol. The van der Waals surface area contributed by atoms with Crippen molar-refractivity contribution in [2.75, 3.05) is 6.54 Å². The number of hydrogen-bond acceptors (Lipinski definition) is 4. The molecule has 2 rings (SSSR count). The highest BCUT2D eigenvalue weighted by Gasteiger charge is 2.21. The molecule has 0 aliphatic rings. The van der Waals surface area contributed by atoms with Gasteiger partial charge in [-0.25, -0.2) is 0 Å². The van der Waals surface area contributed by atoms with Gasteiger partial charge in [-0.3, -0.25) is 4.68 Å². The summed E-state index contributed by atoms with van der Waals surface area (Å²) in [6.07, 6.45) is 3.63. The third-order valence-electron chi connectivity index (χ3n) is 2.81. The number of aryl methyl sites for hydroxylation is 1. The van der Waals surface area contributed by atoms with Gasteiger partial charge < -0.3 is 5.32 Å². The van der Waals surface area contributed by atoms with Crippen molar-refractivity contribution in [3.8, 4) is 0 Å². The molecule has 0 fully saturated rings. The molecule has 0 radical (unpaired) electrons. The average molecular weight is 248 g/mol. The van der Waals surface area contributed by atoms with Crippen LogP contribution < -0.4 is 5.32 Å². The molecular weight excluding hydrogens is 228 g/mol. The van der Waals surface area contributed by atoms with E-state index in [0.717, 1.165) is 17.9 Å². The minimum absolute atomic E-state index is 0.0357. The van der Waals surface area contributed by atoms with Crippen LogP contribution in [0.5, 0.6) is 0 Å². The summed E-state index contributed by atoms with van der Waals surface area (Å²) in [6, 6.07) is 2.39. The summed E-state index contributed by atoms with van der Waals surface area (Å²) in [5.74, 6) is 0. The van der Waals surface area contributed by atoms with Crippen LogP contribution in [0, 0.1) is 0 Å². The largest absolute Gasteiger partial charge is 0.304 e. The van der Waals surface area contributed by atoms with E-state index in [1.807, 2.05) is 24.0 Å². The molecule has 1 N–H and O–H groups in total. The second-order valence-electron chi connectivity index (χ2n) is 4.54. The Balaban J connectivity index is 2.38. The van der Waals surface area contributed by atoms with Gasteiger partial charge in [-0.15, -0.1) is 0 Å². The highest BCUT2D eigenvalue weighted by Crippen LogP contribution is 2.21. The van der Waals surface area contributed by atoms with E-state index in [-0.39, 0.29) is 6.04 Å². The van der Waals surface area contributed by atoms with E-state index in [1.54, 1.807) is 11.0 Å². The highest BCUT2D eigenvalue weighted by molar-refractivity contribution is 5.19. The summed E-state index contributed by atoms with van der Waals surface area (Å²) >= 11 is 0. The topological polar surface area (TPSA) is 60.6 Å². The molecule has 0 saturated heterocycles. The van der Waals surface area contributed by atoms with Crippen molar-refractivity contribution in [1.82, 2.24) is 30.1 Å². The minimum Gasteiger partial charge on any atom is -0.304 e. The van der Waals surface area contributed by atoms with Crippen LogP contribution in [0.3, 0.4) is 0 Å². The molecule has 2 heterocycles. The Morgan fingerprint density at radius 2 is 2.11 bits per heavy atom. The van der Waals surface area contributed by atoms with E-state index in [1.165, 1.54) is 0 Å². The summed E-state index contributed by atoms with van der Waals surface area (Å²) in [5, 5.41) is 16.3. The fraction of sp³-hybridized carbons (Fsp3) is 0.583. The first kappa shape index (κ1) is 12.8. The summed E-state index contributed by atoms with van der Waals surface area (Å²) in [6.45, 7) is 7.19. The first-order chi connectivity index (χ1) is 8.63. The van der Waals surface area contributed by atoms with Gasteiger partial charge in [-0.2, -0.15) is 20.1 Å². The quantitative estimate of drug-likeness (QED) is 0.866. The average Bonchev–Trinajstić information content (AvgIpc) is 2.94. The molecule has 0 amide bonds. The van der Waals surface area contributed by atoms with Crippen LogP contribution in [0.15, 0.2) is 18.5 Å². The number of nitrogens with zero attached hydrogens (tertiary/aromatic N) is 5. The van der Waals surface area contributed by atoms with Gasteiger partial charge in [0, 0.05) is 19.3 Å². The Bertz CT molecular complexity index is 498. The Kier molecular flexibility index (Phi) is 3.76. The lowest BCUT2D eigenvalue weighted by molar-refractivity contribution is 0.470. The zero-order chi connectivity index (χ0) is 13.1. The molecular formula is C12H20N6. The maximum absolute atomic E-state index is 4.39. The Morgan fingerprint density at radius 1 is 1.33 bits per heavy atom. The Labute approximate surface area is 107 Å². The molecule has 2 aromatic heterocycles. The van der Waals surface area contributed by atoms with Gasteiger partial charge in [0.05, 0.1) is 17.9 Å².